The molecule has 66 valence electrons. The standard InChI is InChI=1S/C8H16O3/c1-5-11-7(10)8(3,4)6(2)9/h6,9H,5H2,1-4H3. The summed E-state index contributed by atoms with van der Waals surface area (Å²) in [7, 11) is 0. The van der Waals surface area contributed by atoms with Gasteiger partial charge in [0.25, 0.3) is 0 Å². The Bertz CT molecular complexity index is 138. The SMILES string of the molecule is CCOC(=O)C(C)(C)C(C)O. The lowest BCUT2D eigenvalue weighted by atomic mass is 9.88. The van der Waals surface area contributed by atoms with Gasteiger partial charge in [0, 0.05) is 0 Å². The average molecular weight is 160 g/mol. The number of aliphatic hydroxyl groups excluding tert-OH is 1. The van der Waals surface area contributed by atoms with Crippen LogP contribution in [0.25, 0.3) is 0 Å². The molecule has 0 aromatic heterocycles. The zero-order valence-electron chi connectivity index (χ0n) is 7.55. The highest BCUT2D eigenvalue weighted by Gasteiger charge is 2.34. The van der Waals surface area contributed by atoms with E-state index in [2.05, 4.69) is 0 Å². The highest BCUT2D eigenvalue weighted by atomic mass is 16.5. The summed E-state index contributed by atoms with van der Waals surface area (Å²) in [6.45, 7) is 7.01. The molecule has 0 rings (SSSR count). The van der Waals surface area contributed by atoms with E-state index in [1.165, 1.54) is 0 Å². The maximum Gasteiger partial charge on any atom is 0.314 e. The summed E-state index contributed by atoms with van der Waals surface area (Å²) >= 11 is 0. The minimum absolute atomic E-state index is 0.352. The third kappa shape index (κ3) is 2.50. The number of hydrogen-bond donors (Lipinski definition) is 1. The summed E-state index contributed by atoms with van der Waals surface area (Å²) in [5.74, 6) is -0.352. The van der Waals surface area contributed by atoms with E-state index in [0.717, 1.165) is 0 Å². The highest BCUT2D eigenvalue weighted by Crippen LogP contribution is 2.21. The fourth-order valence-electron chi connectivity index (χ4n) is 0.488. The monoisotopic (exact) mass is 160 g/mol. The van der Waals surface area contributed by atoms with Gasteiger partial charge in [0.2, 0.25) is 0 Å². The van der Waals surface area contributed by atoms with E-state index in [-0.39, 0.29) is 5.97 Å². The molecule has 1 atom stereocenters. The van der Waals surface area contributed by atoms with Crippen molar-refractivity contribution in [3.63, 3.8) is 0 Å². The number of carbonyl (C=O) groups is 1. The van der Waals surface area contributed by atoms with Gasteiger partial charge in [-0.2, -0.15) is 0 Å². The molecule has 1 N–H and O–H groups in total. The number of esters is 1. The first-order valence-corrected chi connectivity index (χ1v) is 3.78. The Morgan fingerprint density at radius 3 is 2.36 bits per heavy atom. The maximum atomic E-state index is 11.1. The summed E-state index contributed by atoms with van der Waals surface area (Å²) in [5, 5.41) is 9.18. The smallest absolute Gasteiger partial charge is 0.314 e. The Labute approximate surface area is 67.4 Å². The molecular weight excluding hydrogens is 144 g/mol. The molecule has 3 heteroatoms. The Morgan fingerprint density at radius 1 is 1.64 bits per heavy atom. The molecule has 0 radical (unpaired) electrons. The molecule has 0 bridgehead atoms. The molecule has 0 amide bonds. The van der Waals surface area contributed by atoms with E-state index in [4.69, 9.17) is 4.74 Å². The van der Waals surface area contributed by atoms with E-state index >= 15 is 0 Å². The molecule has 0 aromatic carbocycles. The van der Waals surface area contributed by atoms with Gasteiger partial charge in [-0.1, -0.05) is 0 Å². The van der Waals surface area contributed by atoms with E-state index in [1.54, 1.807) is 27.7 Å². The third-order valence-electron chi connectivity index (χ3n) is 1.85. The van der Waals surface area contributed by atoms with Crippen LogP contribution >= 0.6 is 0 Å². The fourth-order valence-corrected chi connectivity index (χ4v) is 0.488. The second-order valence-corrected chi connectivity index (χ2v) is 3.12. The molecule has 11 heavy (non-hydrogen) atoms. The molecule has 0 fully saturated rings. The molecule has 0 aliphatic rings. The fraction of sp³-hybridized carbons (Fsp3) is 0.875. The van der Waals surface area contributed by atoms with Crippen LogP contribution in [0.1, 0.15) is 27.7 Å². The lowest BCUT2D eigenvalue weighted by Crippen LogP contribution is -2.36. The Hall–Kier alpha value is -0.570. The normalized spacial score (nSPS) is 14.3. The minimum atomic E-state index is -0.796. The van der Waals surface area contributed by atoms with Crippen LogP contribution in [0.15, 0.2) is 0 Å². The van der Waals surface area contributed by atoms with Crippen molar-refractivity contribution in [2.75, 3.05) is 6.61 Å². The van der Waals surface area contributed by atoms with Crippen LogP contribution in [-0.4, -0.2) is 23.8 Å². The van der Waals surface area contributed by atoms with Crippen molar-refractivity contribution in [2.24, 2.45) is 5.41 Å². The van der Waals surface area contributed by atoms with Crippen molar-refractivity contribution in [3.8, 4) is 0 Å². The second-order valence-electron chi connectivity index (χ2n) is 3.12. The van der Waals surface area contributed by atoms with Crippen molar-refractivity contribution in [3.05, 3.63) is 0 Å². The first kappa shape index (κ1) is 10.4. The van der Waals surface area contributed by atoms with E-state index in [1.807, 2.05) is 0 Å². The zero-order valence-corrected chi connectivity index (χ0v) is 7.55. The van der Waals surface area contributed by atoms with Crippen LogP contribution in [0.3, 0.4) is 0 Å². The predicted octanol–water partition coefficient (Wildman–Crippen LogP) is 0.956. The van der Waals surface area contributed by atoms with Gasteiger partial charge in [-0.3, -0.25) is 4.79 Å². The summed E-state index contributed by atoms with van der Waals surface area (Å²) in [6, 6.07) is 0. The van der Waals surface area contributed by atoms with Crippen molar-refractivity contribution in [2.45, 2.75) is 33.8 Å². The largest absolute Gasteiger partial charge is 0.466 e. The number of carbonyl (C=O) groups excluding carboxylic acids is 1. The molecule has 0 saturated carbocycles. The Kier molecular flexibility index (Phi) is 3.52. The molecule has 0 spiro atoms. The molecule has 0 aliphatic carbocycles. The number of aliphatic hydroxyl groups is 1. The average Bonchev–Trinajstić information content (AvgIpc) is 1.88. The predicted molar refractivity (Wildman–Crippen MR) is 42.1 cm³/mol. The van der Waals surface area contributed by atoms with Gasteiger partial charge in [0.1, 0.15) is 0 Å². The van der Waals surface area contributed by atoms with Crippen molar-refractivity contribution in [1.29, 1.82) is 0 Å². The van der Waals surface area contributed by atoms with Gasteiger partial charge in [-0.05, 0) is 27.7 Å². The van der Waals surface area contributed by atoms with Crippen molar-refractivity contribution in [1.82, 2.24) is 0 Å². The number of rotatable bonds is 3. The first-order valence-electron chi connectivity index (χ1n) is 3.78. The molecule has 1 unspecified atom stereocenters. The number of hydrogen-bond acceptors (Lipinski definition) is 3. The van der Waals surface area contributed by atoms with Crippen LogP contribution < -0.4 is 0 Å². The van der Waals surface area contributed by atoms with Gasteiger partial charge >= 0.3 is 5.97 Å². The summed E-state index contributed by atoms with van der Waals surface area (Å²) in [5.41, 5.74) is -0.796. The van der Waals surface area contributed by atoms with Gasteiger partial charge < -0.3 is 9.84 Å². The van der Waals surface area contributed by atoms with E-state index in [9.17, 15) is 9.90 Å². The molecule has 0 aromatic rings. The van der Waals surface area contributed by atoms with Gasteiger partial charge in [-0.25, -0.2) is 0 Å². The lowest BCUT2D eigenvalue weighted by Gasteiger charge is -2.24. The Morgan fingerprint density at radius 2 is 2.09 bits per heavy atom. The van der Waals surface area contributed by atoms with Gasteiger partial charge in [-0.15, -0.1) is 0 Å². The minimum Gasteiger partial charge on any atom is -0.466 e. The van der Waals surface area contributed by atoms with Crippen LogP contribution in [0, 0.1) is 5.41 Å². The summed E-state index contributed by atoms with van der Waals surface area (Å²) < 4.78 is 4.77. The quantitative estimate of drug-likeness (QED) is 0.625. The van der Waals surface area contributed by atoms with Crippen molar-refractivity contribution < 1.29 is 14.6 Å². The maximum absolute atomic E-state index is 11.1. The molecule has 3 nitrogen and oxygen atoms in total. The first-order chi connectivity index (χ1) is 4.92. The second kappa shape index (κ2) is 3.72. The number of ether oxygens (including phenoxy) is 1. The summed E-state index contributed by atoms with van der Waals surface area (Å²) in [6.07, 6.45) is -0.679. The molecule has 0 aliphatic heterocycles. The van der Waals surface area contributed by atoms with Crippen LogP contribution in [0.5, 0.6) is 0 Å². The topological polar surface area (TPSA) is 46.5 Å². The van der Waals surface area contributed by atoms with Crippen molar-refractivity contribution >= 4 is 5.97 Å². The molecule has 0 heterocycles. The molecule has 0 saturated heterocycles. The van der Waals surface area contributed by atoms with Crippen LogP contribution in [0.4, 0.5) is 0 Å². The Balaban J connectivity index is 4.18. The molecular formula is C8H16O3. The van der Waals surface area contributed by atoms with Gasteiger partial charge in [0.15, 0.2) is 0 Å². The highest BCUT2D eigenvalue weighted by molar-refractivity contribution is 5.76. The summed E-state index contributed by atoms with van der Waals surface area (Å²) in [4.78, 5) is 11.1. The lowest BCUT2D eigenvalue weighted by molar-refractivity contribution is -0.159. The zero-order chi connectivity index (χ0) is 9.07. The third-order valence-corrected chi connectivity index (χ3v) is 1.85. The van der Waals surface area contributed by atoms with Crippen LogP contribution in [0.2, 0.25) is 0 Å². The van der Waals surface area contributed by atoms with Gasteiger partial charge in [0.05, 0.1) is 18.1 Å². The van der Waals surface area contributed by atoms with E-state index in [0.29, 0.717) is 6.61 Å². The van der Waals surface area contributed by atoms with Crippen LogP contribution in [-0.2, 0) is 9.53 Å². The van der Waals surface area contributed by atoms with E-state index < -0.39 is 11.5 Å².